The van der Waals surface area contributed by atoms with Crippen molar-refractivity contribution >= 4 is 0 Å². The number of aromatic nitrogens is 2. The van der Waals surface area contributed by atoms with Gasteiger partial charge < -0.3 is 14.7 Å². The van der Waals surface area contributed by atoms with Gasteiger partial charge in [-0.15, -0.1) is 0 Å². The van der Waals surface area contributed by atoms with Gasteiger partial charge in [-0.3, -0.25) is 0 Å². The van der Waals surface area contributed by atoms with Crippen molar-refractivity contribution in [2.75, 3.05) is 19.6 Å². The number of likely N-dealkylation sites (tertiary alicyclic amines) is 1. The standard InChI is InChI=1S/C12H22N4O/c1-3-16-7-4-5-11(6-8-16)13-9-12-14-10(2)17-15-12/h11,13H,3-9H2,1-2H3. The predicted molar refractivity (Wildman–Crippen MR) is 65.6 cm³/mol. The molecule has 0 bridgehead atoms. The first-order valence-electron chi connectivity index (χ1n) is 6.53. The second kappa shape index (κ2) is 6.12. The van der Waals surface area contributed by atoms with E-state index in [4.69, 9.17) is 4.52 Å². The number of rotatable bonds is 4. The zero-order valence-electron chi connectivity index (χ0n) is 10.8. The smallest absolute Gasteiger partial charge is 0.223 e. The van der Waals surface area contributed by atoms with Crippen LogP contribution in [0.25, 0.3) is 0 Å². The van der Waals surface area contributed by atoms with Crippen LogP contribution in [0.1, 0.15) is 37.9 Å². The van der Waals surface area contributed by atoms with E-state index in [-0.39, 0.29) is 0 Å². The van der Waals surface area contributed by atoms with Gasteiger partial charge in [0.25, 0.3) is 0 Å². The highest BCUT2D eigenvalue weighted by Crippen LogP contribution is 2.11. The van der Waals surface area contributed by atoms with Crippen LogP contribution in [-0.4, -0.2) is 40.7 Å². The Hall–Kier alpha value is -0.940. The van der Waals surface area contributed by atoms with Gasteiger partial charge in [0.2, 0.25) is 5.89 Å². The third-order valence-electron chi connectivity index (χ3n) is 3.39. The van der Waals surface area contributed by atoms with Gasteiger partial charge in [-0.25, -0.2) is 0 Å². The summed E-state index contributed by atoms with van der Waals surface area (Å²) in [6, 6.07) is 0.588. The third-order valence-corrected chi connectivity index (χ3v) is 3.39. The molecule has 1 aliphatic rings. The molecule has 17 heavy (non-hydrogen) atoms. The highest BCUT2D eigenvalue weighted by atomic mass is 16.5. The molecule has 1 aromatic rings. The van der Waals surface area contributed by atoms with Crippen molar-refractivity contribution in [2.45, 2.75) is 45.7 Å². The number of nitrogens with one attached hydrogen (secondary N) is 1. The summed E-state index contributed by atoms with van der Waals surface area (Å²) in [6.45, 7) is 8.36. The molecule has 0 radical (unpaired) electrons. The van der Waals surface area contributed by atoms with Crippen molar-refractivity contribution in [1.29, 1.82) is 0 Å². The Bertz CT molecular complexity index is 339. The van der Waals surface area contributed by atoms with Crippen LogP contribution in [0.15, 0.2) is 4.52 Å². The Morgan fingerprint density at radius 1 is 1.41 bits per heavy atom. The molecule has 1 saturated heterocycles. The van der Waals surface area contributed by atoms with Crippen LogP contribution in [0.3, 0.4) is 0 Å². The Kier molecular flexibility index (Phi) is 4.50. The molecule has 0 spiro atoms. The summed E-state index contributed by atoms with van der Waals surface area (Å²) in [4.78, 5) is 6.71. The Morgan fingerprint density at radius 3 is 3.00 bits per heavy atom. The fourth-order valence-corrected chi connectivity index (χ4v) is 2.32. The van der Waals surface area contributed by atoms with Crippen molar-refractivity contribution in [1.82, 2.24) is 20.4 Å². The van der Waals surface area contributed by atoms with Crippen molar-refractivity contribution in [2.24, 2.45) is 0 Å². The van der Waals surface area contributed by atoms with Crippen LogP contribution < -0.4 is 5.32 Å². The van der Waals surface area contributed by atoms with E-state index < -0.39 is 0 Å². The maximum atomic E-state index is 4.95. The minimum atomic E-state index is 0.588. The highest BCUT2D eigenvalue weighted by molar-refractivity contribution is 4.85. The summed E-state index contributed by atoms with van der Waals surface area (Å²) in [5.41, 5.74) is 0. The number of aryl methyl sites for hydroxylation is 1. The fourth-order valence-electron chi connectivity index (χ4n) is 2.32. The zero-order chi connectivity index (χ0) is 12.1. The van der Waals surface area contributed by atoms with E-state index >= 15 is 0 Å². The molecule has 0 amide bonds. The molecular weight excluding hydrogens is 216 g/mol. The molecule has 0 aromatic carbocycles. The van der Waals surface area contributed by atoms with Gasteiger partial charge in [0.1, 0.15) is 0 Å². The van der Waals surface area contributed by atoms with Crippen LogP contribution in [0.4, 0.5) is 0 Å². The molecule has 0 saturated carbocycles. The molecule has 1 fully saturated rings. The van der Waals surface area contributed by atoms with Gasteiger partial charge in [-0.1, -0.05) is 12.1 Å². The van der Waals surface area contributed by atoms with Crippen molar-refractivity contribution < 1.29 is 4.52 Å². The van der Waals surface area contributed by atoms with Gasteiger partial charge >= 0.3 is 0 Å². The largest absolute Gasteiger partial charge is 0.340 e. The molecule has 1 atom stereocenters. The number of hydrogen-bond donors (Lipinski definition) is 1. The second-order valence-electron chi connectivity index (χ2n) is 4.67. The summed E-state index contributed by atoms with van der Waals surface area (Å²) in [6.07, 6.45) is 3.73. The lowest BCUT2D eigenvalue weighted by atomic mass is 10.1. The maximum absolute atomic E-state index is 4.95. The molecule has 5 nitrogen and oxygen atoms in total. The molecule has 1 N–H and O–H groups in total. The van der Waals surface area contributed by atoms with E-state index in [1.807, 2.05) is 6.92 Å². The van der Waals surface area contributed by atoms with E-state index in [1.54, 1.807) is 0 Å². The Balaban J connectivity index is 1.75. The Morgan fingerprint density at radius 2 is 2.29 bits per heavy atom. The lowest BCUT2D eigenvalue weighted by molar-refractivity contribution is 0.297. The van der Waals surface area contributed by atoms with Crippen molar-refractivity contribution in [3.8, 4) is 0 Å². The molecule has 5 heteroatoms. The minimum Gasteiger partial charge on any atom is -0.340 e. The fraction of sp³-hybridized carbons (Fsp3) is 0.833. The molecule has 1 aromatic heterocycles. The minimum absolute atomic E-state index is 0.588. The van der Waals surface area contributed by atoms with Crippen molar-refractivity contribution in [3.05, 3.63) is 11.7 Å². The lowest BCUT2D eigenvalue weighted by Crippen LogP contribution is -2.30. The molecule has 1 unspecified atom stereocenters. The summed E-state index contributed by atoms with van der Waals surface area (Å²) in [5.74, 6) is 1.40. The van der Waals surface area contributed by atoms with Gasteiger partial charge in [-0.2, -0.15) is 4.98 Å². The van der Waals surface area contributed by atoms with Crippen molar-refractivity contribution in [3.63, 3.8) is 0 Å². The average Bonchev–Trinajstić information content (AvgIpc) is 2.63. The second-order valence-corrected chi connectivity index (χ2v) is 4.67. The van der Waals surface area contributed by atoms with E-state index in [9.17, 15) is 0 Å². The summed E-state index contributed by atoms with van der Waals surface area (Å²) in [5, 5.41) is 7.42. The van der Waals surface area contributed by atoms with Crippen LogP contribution in [0.5, 0.6) is 0 Å². The van der Waals surface area contributed by atoms with E-state index in [1.165, 1.54) is 32.4 Å². The predicted octanol–water partition coefficient (Wildman–Crippen LogP) is 1.34. The summed E-state index contributed by atoms with van der Waals surface area (Å²) < 4.78 is 4.95. The summed E-state index contributed by atoms with van der Waals surface area (Å²) >= 11 is 0. The normalized spacial score (nSPS) is 22.6. The van der Waals surface area contributed by atoms with Gasteiger partial charge in [-0.05, 0) is 38.9 Å². The molecule has 1 aliphatic heterocycles. The molecule has 2 rings (SSSR count). The van der Waals surface area contributed by atoms with Gasteiger partial charge in [0.15, 0.2) is 5.82 Å². The van der Waals surface area contributed by atoms with Gasteiger partial charge in [0.05, 0.1) is 6.54 Å². The first-order chi connectivity index (χ1) is 8.28. The summed E-state index contributed by atoms with van der Waals surface area (Å²) in [7, 11) is 0. The van der Waals surface area contributed by atoms with E-state index in [2.05, 4.69) is 27.3 Å². The quantitative estimate of drug-likeness (QED) is 0.858. The molecule has 2 heterocycles. The number of nitrogens with zero attached hydrogens (tertiary/aromatic N) is 3. The lowest BCUT2D eigenvalue weighted by Gasteiger charge is -2.17. The van der Waals surface area contributed by atoms with E-state index in [0.29, 0.717) is 18.5 Å². The maximum Gasteiger partial charge on any atom is 0.223 e. The monoisotopic (exact) mass is 238 g/mol. The zero-order valence-corrected chi connectivity index (χ0v) is 10.8. The first-order valence-corrected chi connectivity index (χ1v) is 6.53. The topological polar surface area (TPSA) is 54.2 Å². The van der Waals surface area contributed by atoms with Crippen LogP contribution in [0.2, 0.25) is 0 Å². The van der Waals surface area contributed by atoms with Crippen LogP contribution in [0, 0.1) is 6.92 Å². The van der Waals surface area contributed by atoms with E-state index in [0.717, 1.165) is 12.4 Å². The average molecular weight is 238 g/mol. The molecule has 0 aliphatic carbocycles. The van der Waals surface area contributed by atoms with Crippen LogP contribution in [-0.2, 0) is 6.54 Å². The third kappa shape index (κ3) is 3.78. The highest BCUT2D eigenvalue weighted by Gasteiger charge is 2.16. The number of hydrogen-bond acceptors (Lipinski definition) is 5. The Labute approximate surface area is 103 Å². The van der Waals surface area contributed by atoms with Crippen LogP contribution >= 0.6 is 0 Å². The molecular formula is C12H22N4O. The SMILES string of the molecule is CCN1CCCC(NCc2noc(C)n2)CC1. The first kappa shape index (κ1) is 12.5. The van der Waals surface area contributed by atoms with Gasteiger partial charge in [0, 0.05) is 13.0 Å². The molecule has 96 valence electrons.